The number of hydrogen-bond acceptors (Lipinski definition) is 4. The molecule has 0 aliphatic carbocycles. The van der Waals surface area contributed by atoms with Crippen LogP contribution in [0.15, 0.2) is 22.8 Å². The molecule has 0 saturated heterocycles. The first-order valence-corrected chi connectivity index (χ1v) is 7.62. The minimum atomic E-state index is 0.400. The smallest absolute Gasteiger partial charge is 0.224 e. The molecule has 4 nitrogen and oxygen atoms in total. The molecule has 106 valence electrons. The molecule has 2 aromatic rings. The highest BCUT2D eigenvalue weighted by molar-refractivity contribution is 9.10. The van der Waals surface area contributed by atoms with E-state index in [1.165, 1.54) is 0 Å². The van der Waals surface area contributed by atoms with Crippen molar-refractivity contribution in [2.45, 2.75) is 6.92 Å². The molecule has 8 heteroatoms. The molecule has 0 spiro atoms. The molecule has 0 atom stereocenters. The fourth-order valence-electron chi connectivity index (χ4n) is 1.44. The van der Waals surface area contributed by atoms with Gasteiger partial charge in [0.2, 0.25) is 5.95 Å². The van der Waals surface area contributed by atoms with Gasteiger partial charge in [-0.3, -0.25) is 0 Å². The van der Waals surface area contributed by atoms with Crippen LogP contribution in [-0.2, 0) is 0 Å². The average molecular weight is 397 g/mol. The molecule has 2 N–H and O–H groups in total. The fraction of sp³-hybridized carbons (Fsp3) is 0.167. The number of halogens is 4. The SMILES string of the molecule is CCNc1ncc(Br)c(Nc2cc(Cl)c(Cl)cc2Cl)n1. The summed E-state index contributed by atoms with van der Waals surface area (Å²) in [4.78, 5) is 8.47. The molecule has 1 heterocycles. The summed E-state index contributed by atoms with van der Waals surface area (Å²) >= 11 is 21.4. The summed E-state index contributed by atoms with van der Waals surface area (Å²) in [5.74, 6) is 1.10. The first kappa shape index (κ1) is 15.6. The summed E-state index contributed by atoms with van der Waals surface area (Å²) in [5, 5.41) is 7.39. The van der Waals surface area contributed by atoms with E-state index in [0.29, 0.717) is 37.0 Å². The van der Waals surface area contributed by atoms with Crippen molar-refractivity contribution in [3.63, 3.8) is 0 Å². The van der Waals surface area contributed by atoms with E-state index < -0.39 is 0 Å². The quantitative estimate of drug-likeness (QED) is 0.682. The zero-order valence-electron chi connectivity index (χ0n) is 10.3. The summed E-state index contributed by atoms with van der Waals surface area (Å²) in [7, 11) is 0. The van der Waals surface area contributed by atoms with Crippen LogP contribution in [0.5, 0.6) is 0 Å². The third kappa shape index (κ3) is 3.67. The largest absolute Gasteiger partial charge is 0.354 e. The molecule has 20 heavy (non-hydrogen) atoms. The van der Waals surface area contributed by atoms with Crippen LogP contribution in [0.25, 0.3) is 0 Å². The van der Waals surface area contributed by atoms with Crippen molar-refractivity contribution in [2.24, 2.45) is 0 Å². The summed E-state index contributed by atoms with van der Waals surface area (Å²) in [6, 6.07) is 3.22. The highest BCUT2D eigenvalue weighted by atomic mass is 79.9. The van der Waals surface area contributed by atoms with Gasteiger partial charge in [0.15, 0.2) is 0 Å². The standard InChI is InChI=1S/C12H10BrCl3N4/c1-2-17-12-18-5-6(13)11(20-12)19-10-4-8(15)7(14)3-9(10)16/h3-5H,2H2,1H3,(H2,17,18,19,20). The Balaban J connectivity index is 2.34. The van der Waals surface area contributed by atoms with Gasteiger partial charge >= 0.3 is 0 Å². The highest BCUT2D eigenvalue weighted by Gasteiger charge is 2.10. The van der Waals surface area contributed by atoms with Gasteiger partial charge in [0.25, 0.3) is 0 Å². The zero-order valence-corrected chi connectivity index (χ0v) is 14.2. The molecule has 0 radical (unpaired) electrons. The molecule has 0 amide bonds. The van der Waals surface area contributed by atoms with Crippen LogP contribution in [-0.4, -0.2) is 16.5 Å². The number of benzene rings is 1. The summed E-state index contributed by atoms with van der Waals surface area (Å²) in [6.45, 7) is 2.70. The van der Waals surface area contributed by atoms with Crippen molar-refractivity contribution in [1.82, 2.24) is 9.97 Å². The number of nitrogens with one attached hydrogen (secondary N) is 2. The average Bonchev–Trinajstić information content (AvgIpc) is 2.40. The van der Waals surface area contributed by atoms with Gasteiger partial charge in [0.1, 0.15) is 5.82 Å². The Kier molecular flexibility index (Phi) is 5.32. The topological polar surface area (TPSA) is 49.8 Å². The molecule has 0 aliphatic heterocycles. The van der Waals surface area contributed by atoms with Crippen LogP contribution >= 0.6 is 50.7 Å². The van der Waals surface area contributed by atoms with Gasteiger partial charge in [-0.1, -0.05) is 34.8 Å². The maximum Gasteiger partial charge on any atom is 0.224 e. The summed E-state index contributed by atoms with van der Waals surface area (Å²) in [5.41, 5.74) is 0.614. The maximum atomic E-state index is 6.12. The zero-order chi connectivity index (χ0) is 14.7. The lowest BCUT2D eigenvalue weighted by molar-refractivity contribution is 1.08. The van der Waals surface area contributed by atoms with Crippen molar-refractivity contribution in [1.29, 1.82) is 0 Å². The van der Waals surface area contributed by atoms with E-state index in [1.807, 2.05) is 6.92 Å². The van der Waals surface area contributed by atoms with E-state index >= 15 is 0 Å². The van der Waals surface area contributed by atoms with Crippen LogP contribution in [0.4, 0.5) is 17.5 Å². The van der Waals surface area contributed by atoms with Crippen molar-refractivity contribution >= 4 is 68.2 Å². The normalized spacial score (nSPS) is 10.4. The molecule has 0 unspecified atom stereocenters. The fourth-order valence-corrected chi connectivity index (χ4v) is 2.33. The number of hydrogen-bond donors (Lipinski definition) is 2. The molecule has 0 bridgehead atoms. The third-order valence-corrected chi connectivity index (χ3v) is 3.96. The second-order valence-corrected chi connectivity index (χ2v) is 5.87. The molecule has 0 fully saturated rings. The molecule has 1 aromatic carbocycles. The Morgan fingerprint density at radius 1 is 1.15 bits per heavy atom. The van der Waals surface area contributed by atoms with E-state index in [-0.39, 0.29) is 0 Å². The van der Waals surface area contributed by atoms with Gasteiger partial charge < -0.3 is 10.6 Å². The minimum Gasteiger partial charge on any atom is -0.354 e. The van der Waals surface area contributed by atoms with Crippen LogP contribution in [0.3, 0.4) is 0 Å². The predicted octanol–water partition coefficient (Wildman–Crippen LogP) is 5.37. The van der Waals surface area contributed by atoms with E-state index in [0.717, 1.165) is 6.54 Å². The third-order valence-electron chi connectivity index (χ3n) is 2.34. The lowest BCUT2D eigenvalue weighted by Crippen LogP contribution is -2.04. The Morgan fingerprint density at radius 3 is 2.55 bits per heavy atom. The molecular formula is C12H10BrCl3N4. The van der Waals surface area contributed by atoms with E-state index in [4.69, 9.17) is 34.8 Å². The summed E-state index contributed by atoms with van der Waals surface area (Å²) in [6.07, 6.45) is 1.65. The van der Waals surface area contributed by atoms with Crippen molar-refractivity contribution in [2.75, 3.05) is 17.2 Å². The van der Waals surface area contributed by atoms with Crippen molar-refractivity contribution < 1.29 is 0 Å². The van der Waals surface area contributed by atoms with Gasteiger partial charge in [-0.2, -0.15) is 4.98 Å². The molecule has 0 saturated carbocycles. The van der Waals surface area contributed by atoms with E-state index in [9.17, 15) is 0 Å². The van der Waals surface area contributed by atoms with Gasteiger partial charge in [0.05, 0.1) is 25.2 Å². The first-order chi connectivity index (χ1) is 9.51. The number of nitrogens with zero attached hydrogens (tertiary/aromatic N) is 2. The van der Waals surface area contributed by atoms with E-state index in [1.54, 1.807) is 18.3 Å². The summed E-state index contributed by atoms with van der Waals surface area (Å²) < 4.78 is 0.710. The second kappa shape index (κ2) is 6.80. The maximum absolute atomic E-state index is 6.12. The number of aromatic nitrogens is 2. The van der Waals surface area contributed by atoms with Gasteiger partial charge in [-0.15, -0.1) is 0 Å². The van der Waals surface area contributed by atoms with Gasteiger partial charge in [0, 0.05) is 12.7 Å². The van der Waals surface area contributed by atoms with Crippen molar-refractivity contribution in [3.05, 3.63) is 37.9 Å². The second-order valence-electron chi connectivity index (χ2n) is 3.79. The minimum absolute atomic E-state index is 0.400. The van der Waals surface area contributed by atoms with Crippen molar-refractivity contribution in [3.8, 4) is 0 Å². The van der Waals surface area contributed by atoms with Gasteiger partial charge in [-0.05, 0) is 35.0 Å². The van der Waals surface area contributed by atoms with Crippen LogP contribution < -0.4 is 10.6 Å². The monoisotopic (exact) mass is 394 g/mol. The predicted molar refractivity (Wildman–Crippen MR) is 88.7 cm³/mol. The lowest BCUT2D eigenvalue weighted by atomic mass is 10.3. The molecule has 1 aromatic heterocycles. The van der Waals surface area contributed by atoms with Gasteiger partial charge in [-0.25, -0.2) is 4.98 Å². The molecule has 0 aliphatic rings. The number of rotatable bonds is 4. The Hall–Kier alpha value is -0.750. The first-order valence-electron chi connectivity index (χ1n) is 5.69. The Bertz CT molecular complexity index is 636. The molecule has 2 rings (SSSR count). The van der Waals surface area contributed by atoms with Crippen LogP contribution in [0.2, 0.25) is 15.1 Å². The Morgan fingerprint density at radius 2 is 1.85 bits per heavy atom. The van der Waals surface area contributed by atoms with Crippen LogP contribution in [0, 0.1) is 0 Å². The van der Waals surface area contributed by atoms with Crippen LogP contribution in [0.1, 0.15) is 6.92 Å². The molecular weight excluding hydrogens is 386 g/mol. The van der Waals surface area contributed by atoms with E-state index in [2.05, 4.69) is 36.5 Å². The Labute approximate surface area is 140 Å². The number of anilines is 3. The lowest BCUT2D eigenvalue weighted by Gasteiger charge is -2.11. The highest BCUT2D eigenvalue weighted by Crippen LogP contribution is 2.35.